The highest BCUT2D eigenvalue weighted by atomic mass is 35.7. The zero-order valence-corrected chi connectivity index (χ0v) is 15.5. The fourth-order valence-corrected chi connectivity index (χ4v) is 6.67. The summed E-state index contributed by atoms with van der Waals surface area (Å²) in [4.78, 5) is 5.43. The van der Waals surface area contributed by atoms with Gasteiger partial charge in [-0.2, -0.15) is 14.0 Å². The lowest BCUT2D eigenvalue weighted by molar-refractivity contribution is -1.91. The van der Waals surface area contributed by atoms with E-state index >= 15 is 0 Å². The molecule has 0 fully saturated rings. The molecule has 8 heteroatoms. The third-order valence-corrected chi connectivity index (χ3v) is 7.96. The van der Waals surface area contributed by atoms with Gasteiger partial charge in [0.05, 0.1) is 20.0 Å². The summed E-state index contributed by atoms with van der Waals surface area (Å²) in [5, 5.41) is 0. The summed E-state index contributed by atoms with van der Waals surface area (Å²) >= 11 is 3.08. The van der Waals surface area contributed by atoms with Gasteiger partial charge in [0.2, 0.25) is 0 Å². The Morgan fingerprint density at radius 3 is 2.09 bits per heavy atom. The summed E-state index contributed by atoms with van der Waals surface area (Å²) in [6.45, 7) is 3.95. The lowest BCUT2D eigenvalue weighted by Crippen LogP contribution is -2.60. The van der Waals surface area contributed by atoms with Gasteiger partial charge in [0, 0.05) is 19.5 Å². The maximum absolute atomic E-state index is 11.2. The molecule has 0 amide bonds. The third-order valence-electron chi connectivity index (χ3n) is 3.00. The number of hydrogen-bond donors (Lipinski definition) is 0. The smallest absolute Gasteiger partial charge is 0.149 e. The van der Waals surface area contributed by atoms with Crippen LogP contribution in [0.3, 0.4) is 0 Å². The van der Waals surface area contributed by atoms with Gasteiger partial charge in [-0.15, -0.1) is 22.7 Å². The van der Waals surface area contributed by atoms with Crippen LogP contribution in [0.25, 0.3) is 4.91 Å². The molecule has 0 radical (unpaired) electrons. The van der Waals surface area contributed by atoms with Crippen LogP contribution < -0.4 is 14.0 Å². The molecule has 4 nitrogen and oxygen atoms in total. The van der Waals surface area contributed by atoms with Gasteiger partial charge in [-0.1, -0.05) is 6.08 Å². The Morgan fingerprint density at radius 2 is 1.57 bits per heavy atom. The summed E-state index contributed by atoms with van der Waals surface area (Å²) in [5.74, 6) is 0. The molecule has 122 valence electrons. The van der Waals surface area contributed by atoms with Gasteiger partial charge in [0.25, 0.3) is 0 Å². The van der Waals surface area contributed by atoms with Crippen molar-refractivity contribution in [3.63, 3.8) is 0 Å². The molecule has 0 aromatic carbocycles. The highest BCUT2D eigenvalue weighted by Gasteiger charge is 2.31. The van der Waals surface area contributed by atoms with E-state index in [4.69, 9.17) is 3.74 Å². The van der Waals surface area contributed by atoms with E-state index in [1.807, 2.05) is 44.2 Å². The Morgan fingerprint density at radius 1 is 0.957 bits per heavy atom. The molecule has 1 aliphatic rings. The third kappa shape index (κ3) is 4.01. The van der Waals surface area contributed by atoms with Crippen molar-refractivity contribution in [3.8, 4) is 0 Å². The van der Waals surface area contributed by atoms with Crippen LogP contribution in [0.15, 0.2) is 42.5 Å². The predicted molar refractivity (Wildman–Crippen MR) is 88.0 cm³/mol. The van der Waals surface area contributed by atoms with Crippen molar-refractivity contribution in [2.24, 2.45) is 0 Å². The molecular formula is C15H13ClO4S3. The maximum atomic E-state index is 11.2. The molecule has 1 atom stereocenters. The van der Waals surface area contributed by atoms with Crippen LogP contribution in [0, 0.1) is 24.1 Å². The second-order valence-electron chi connectivity index (χ2n) is 4.78. The fourth-order valence-electron chi connectivity index (χ4n) is 2.09. The Kier molecular flexibility index (Phi) is 4.91. The summed E-state index contributed by atoms with van der Waals surface area (Å²) < 4.78 is 38.5. The Hall–Kier alpha value is -0.770. The SMILES string of the molecule is Cc1ccc(C2=CC=CC(c3ccc(C)s3)=S2O[Cl+3]([O-])([O-])[O-])s1. The number of halogens is 1. The lowest BCUT2D eigenvalue weighted by Gasteiger charge is -2.18. The molecule has 3 rings (SSSR count). The molecule has 23 heavy (non-hydrogen) atoms. The molecule has 2 aromatic heterocycles. The van der Waals surface area contributed by atoms with Crippen LogP contribution >= 0.6 is 33.4 Å². The zero-order chi connectivity index (χ0) is 16.6. The first-order valence-corrected chi connectivity index (χ1v) is 10.6. The maximum Gasteiger partial charge on any atom is 0.149 e. The summed E-state index contributed by atoms with van der Waals surface area (Å²) in [6.07, 6.45) is 5.47. The van der Waals surface area contributed by atoms with Crippen LogP contribution in [-0.4, -0.2) is 4.86 Å². The van der Waals surface area contributed by atoms with Crippen LogP contribution in [0.4, 0.5) is 0 Å². The minimum Gasteiger partial charge on any atom is -0.182 e. The number of aryl methyl sites for hydroxylation is 2. The molecule has 0 saturated heterocycles. The molecular weight excluding hydrogens is 376 g/mol. The quantitative estimate of drug-likeness (QED) is 0.746. The predicted octanol–water partition coefficient (Wildman–Crippen LogP) is 1.66. The molecule has 0 aliphatic carbocycles. The summed E-state index contributed by atoms with van der Waals surface area (Å²) in [7, 11) is -5.79. The van der Waals surface area contributed by atoms with Gasteiger partial charge in [0.15, 0.2) is 0 Å². The van der Waals surface area contributed by atoms with Gasteiger partial charge in [0.1, 0.15) is 14.5 Å². The van der Waals surface area contributed by atoms with Gasteiger partial charge >= 0.3 is 0 Å². The summed E-state index contributed by atoms with van der Waals surface area (Å²) in [5.41, 5.74) is 0. The lowest BCUT2D eigenvalue weighted by atomic mass is 10.3. The Labute approximate surface area is 146 Å². The van der Waals surface area contributed by atoms with Gasteiger partial charge < -0.3 is 0 Å². The van der Waals surface area contributed by atoms with E-state index in [1.54, 1.807) is 34.8 Å². The van der Waals surface area contributed by atoms with Gasteiger partial charge in [-0.25, -0.2) is 0 Å². The monoisotopic (exact) mass is 388 g/mol. The topological polar surface area (TPSA) is 78.4 Å². The minimum atomic E-state index is -4.52. The number of thiophene rings is 2. The second kappa shape index (κ2) is 6.62. The molecule has 0 bridgehead atoms. The van der Waals surface area contributed by atoms with Crippen molar-refractivity contribution >= 4 is 43.2 Å². The zero-order valence-electron chi connectivity index (χ0n) is 12.3. The second-order valence-corrected chi connectivity index (χ2v) is 10.0. The average molecular weight is 389 g/mol. The molecule has 0 N–H and O–H groups in total. The molecule has 1 aliphatic heterocycles. The number of allylic oxidation sites excluding steroid dienone is 3. The fraction of sp³-hybridized carbons (Fsp3) is 0.133. The molecule has 2 aromatic rings. The van der Waals surface area contributed by atoms with Crippen LogP contribution in [0.5, 0.6) is 0 Å². The van der Waals surface area contributed by atoms with Crippen molar-refractivity contribution in [1.29, 1.82) is 0 Å². The van der Waals surface area contributed by atoms with Crippen molar-refractivity contribution in [2.45, 2.75) is 13.8 Å². The number of hydrogen-bond acceptors (Lipinski definition) is 6. The first kappa shape index (κ1) is 17.1. The van der Waals surface area contributed by atoms with Crippen LogP contribution in [-0.2, 0) is 3.74 Å². The standard InChI is InChI=1S/C15H13ClO4S3/c1-10-6-8-12(21-10)14-4-3-5-15(13-9-7-11(2)22-13)23(14)20-16(17,18)19/h3-9H,1-2H3. The summed E-state index contributed by atoms with van der Waals surface area (Å²) in [6, 6.07) is 7.75. The first-order chi connectivity index (χ1) is 10.8. The normalized spacial score (nSPS) is 18.4. The van der Waals surface area contributed by atoms with E-state index in [0.717, 1.165) is 19.5 Å². The van der Waals surface area contributed by atoms with Crippen LogP contribution in [0.1, 0.15) is 19.5 Å². The van der Waals surface area contributed by atoms with Gasteiger partial charge in [-0.3, -0.25) is 0 Å². The highest BCUT2D eigenvalue weighted by molar-refractivity contribution is 8.20. The van der Waals surface area contributed by atoms with E-state index in [9.17, 15) is 14.0 Å². The van der Waals surface area contributed by atoms with Crippen molar-refractivity contribution < 1.29 is 28.0 Å². The van der Waals surface area contributed by atoms with Crippen molar-refractivity contribution in [2.75, 3.05) is 0 Å². The molecule has 0 spiro atoms. The minimum absolute atomic E-state index is 0.707. The molecule has 0 saturated carbocycles. The molecule has 1 unspecified atom stereocenters. The Balaban J connectivity index is 2.14. The van der Waals surface area contributed by atoms with E-state index in [-0.39, 0.29) is 0 Å². The first-order valence-electron chi connectivity index (χ1n) is 6.57. The number of rotatable bonds is 4. The average Bonchev–Trinajstić information content (AvgIpc) is 3.06. The van der Waals surface area contributed by atoms with E-state index in [1.165, 1.54) is 0 Å². The Bertz CT molecular complexity index is 824. The van der Waals surface area contributed by atoms with E-state index < -0.39 is 21.0 Å². The van der Waals surface area contributed by atoms with E-state index in [0.29, 0.717) is 9.77 Å². The highest BCUT2D eigenvalue weighted by Crippen LogP contribution is 2.44. The van der Waals surface area contributed by atoms with Crippen molar-refractivity contribution in [3.05, 3.63) is 62.0 Å². The largest absolute Gasteiger partial charge is 0.182 e. The van der Waals surface area contributed by atoms with Crippen molar-refractivity contribution in [1.82, 2.24) is 0 Å². The van der Waals surface area contributed by atoms with Crippen LogP contribution in [0.2, 0.25) is 0 Å². The van der Waals surface area contributed by atoms with E-state index in [2.05, 4.69) is 0 Å². The van der Waals surface area contributed by atoms with Gasteiger partial charge in [-0.05, 0) is 50.3 Å². The molecule has 3 heterocycles.